The predicted octanol–water partition coefficient (Wildman–Crippen LogP) is 3.98. The number of alkyl halides is 2. The summed E-state index contributed by atoms with van der Waals surface area (Å²) < 4.78 is 29.8. The molecule has 23 heavy (non-hydrogen) atoms. The third kappa shape index (κ3) is 4.74. The highest BCUT2D eigenvalue weighted by Crippen LogP contribution is 2.29. The SMILES string of the molecule is Cc1ccc(OC(F)F)c(C(C)N[C@H](CO)c2ccccc2)c1. The maximum Gasteiger partial charge on any atom is 0.387 e. The summed E-state index contributed by atoms with van der Waals surface area (Å²) in [6.45, 7) is 0.791. The number of aliphatic hydroxyl groups excluding tert-OH is 1. The van der Waals surface area contributed by atoms with Gasteiger partial charge in [0.15, 0.2) is 0 Å². The third-order valence-electron chi connectivity index (χ3n) is 3.68. The number of rotatable bonds is 7. The Balaban J connectivity index is 2.22. The zero-order valence-electron chi connectivity index (χ0n) is 13.2. The number of aliphatic hydroxyl groups is 1. The lowest BCUT2D eigenvalue weighted by atomic mass is 10.0. The summed E-state index contributed by atoms with van der Waals surface area (Å²) in [4.78, 5) is 0. The first-order valence-corrected chi connectivity index (χ1v) is 7.48. The first-order chi connectivity index (χ1) is 11.0. The lowest BCUT2D eigenvalue weighted by Crippen LogP contribution is -2.27. The fourth-order valence-electron chi connectivity index (χ4n) is 2.54. The molecule has 0 aliphatic rings. The van der Waals surface area contributed by atoms with Gasteiger partial charge in [0.25, 0.3) is 0 Å². The summed E-state index contributed by atoms with van der Waals surface area (Å²) >= 11 is 0. The monoisotopic (exact) mass is 321 g/mol. The zero-order valence-corrected chi connectivity index (χ0v) is 13.2. The molecule has 124 valence electrons. The molecule has 0 aliphatic carbocycles. The molecule has 0 radical (unpaired) electrons. The van der Waals surface area contributed by atoms with E-state index in [1.165, 1.54) is 0 Å². The van der Waals surface area contributed by atoms with Crippen molar-refractivity contribution >= 4 is 0 Å². The fourth-order valence-corrected chi connectivity index (χ4v) is 2.54. The van der Waals surface area contributed by atoms with E-state index >= 15 is 0 Å². The molecular weight excluding hydrogens is 300 g/mol. The van der Waals surface area contributed by atoms with Crippen LogP contribution in [0.5, 0.6) is 5.75 Å². The van der Waals surface area contributed by atoms with Gasteiger partial charge in [-0.1, -0.05) is 48.0 Å². The van der Waals surface area contributed by atoms with Crippen LogP contribution >= 0.6 is 0 Å². The molecule has 0 saturated carbocycles. The second-order valence-corrected chi connectivity index (χ2v) is 5.45. The average Bonchev–Trinajstić information content (AvgIpc) is 2.54. The molecule has 0 saturated heterocycles. The summed E-state index contributed by atoms with van der Waals surface area (Å²) in [6.07, 6.45) is 0. The second kappa shape index (κ2) is 8.04. The number of ether oxygens (including phenoxy) is 1. The van der Waals surface area contributed by atoms with E-state index in [2.05, 4.69) is 10.1 Å². The van der Waals surface area contributed by atoms with E-state index in [1.54, 1.807) is 12.1 Å². The molecule has 0 bridgehead atoms. The van der Waals surface area contributed by atoms with Crippen molar-refractivity contribution < 1.29 is 18.6 Å². The molecule has 5 heteroatoms. The molecule has 2 rings (SSSR count). The minimum Gasteiger partial charge on any atom is -0.434 e. The number of aryl methyl sites for hydroxylation is 1. The van der Waals surface area contributed by atoms with Crippen LogP contribution in [0.25, 0.3) is 0 Å². The summed E-state index contributed by atoms with van der Waals surface area (Å²) in [5.74, 6) is 0.148. The van der Waals surface area contributed by atoms with Crippen molar-refractivity contribution in [1.29, 1.82) is 0 Å². The van der Waals surface area contributed by atoms with Gasteiger partial charge in [0.1, 0.15) is 5.75 Å². The van der Waals surface area contributed by atoms with Gasteiger partial charge in [0, 0.05) is 11.6 Å². The van der Waals surface area contributed by atoms with Crippen LogP contribution in [0.4, 0.5) is 8.78 Å². The van der Waals surface area contributed by atoms with Crippen LogP contribution in [0.2, 0.25) is 0 Å². The van der Waals surface area contributed by atoms with Gasteiger partial charge in [-0.2, -0.15) is 8.78 Å². The van der Waals surface area contributed by atoms with Gasteiger partial charge in [-0.3, -0.25) is 0 Å². The van der Waals surface area contributed by atoms with Crippen molar-refractivity contribution in [3.8, 4) is 5.75 Å². The van der Waals surface area contributed by atoms with E-state index in [1.807, 2.05) is 50.2 Å². The van der Waals surface area contributed by atoms with E-state index in [0.29, 0.717) is 5.56 Å². The Morgan fingerprint density at radius 3 is 2.43 bits per heavy atom. The summed E-state index contributed by atoms with van der Waals surface area (Å²) in [6, 6.07) is 14.0. The van der Waals surface area contributed by atoms with Crippen LogP contribution in [-0.2, 0) is 0 Å². The minimum atomic E-state index is -2.87. The Kier molecular flexibility index (Phi) is 6.07. The summed E-state index contributed by atoms with van der Waals surface area (Å²) in [5, 5.41) is 12.9. The summed E-state index contributed by atoms with van der Waals surface area (Å²) in [5.41, 5.74) is 2.53. The topological polar surface area (TPSA) is 41.5 Å². The van der Waals surface area contributed by atoms with Crippen molar-refractivity contribution in [3.63, 3.8) is 0 Å². The molecule has 0 aromatic heterocycles. The highest BCUT2D eigenvalue weighted by molar-refractivity contribution is 5.39. The average molecular weight is 321 g/mol. The molecule has 1 unspecified atom stereocenters. The van der Waals surface area contributed by atoms with Crippen LogP contribution in [0, 0.1) is 6.92 Å². The lowest BCUT2D eigenvalue weighted by molar-refractivity contribution is -0.0507. The Morgan fingerprint density at radius 2 is 1.83 bits per heavy atom. The van der Waals surface area contributed by atoms with Gasteiger partial charge in [-0.05, 0) is 25.5 Å². The van der Waals surface area contributed by atoms with E-state index in [4.69, 9.17) is 0 Å². The number of hydrogen-bond acceptors (Lipinski definition) is 3. The number of hydrogen-bond donors (Lipinski definition) is 2. The molecule has 0 amide bonds. The first kappa shape index (κ1) is 17.4. The van der Waals surface area contributed by atoms with Crippen molar-refractivity contribution in [2.24, 2.45) is 0 Å². The van der Waals surface area contributed by atoms with Gasteiger partial charge >= 0.3 is 6.61 Å². The first-order valence-electron chi connectivity index (χ1n) is 7.48. The van der Waals surface area contributed by atoms with E-state index in [9.17, 15) is 13.9 Å². The number of benzene rings is 2. The molecule has 0 spiro atoms. The van der Waals surface area contributed by atoms with Crippen LogP contribution in [0.15, 0.2) is 48.5 Å². The van der Waals surface area contributed by atoms with Gasteiger partial charge in [-0.25, -0.2) is 0 Å². The molecule has 2 aromatic rings. The standard InChI is InChI=1S/C18H21F2NO2/c1-12-8-9-17(23-18(19)20)15(10-12)13(2)21-16(11-22)14-6-4-3-5-7-14/h3-10,13,16,18,21-22H,11H2,1-2H3/t13?,16-/m1/s1. The Hall–Kier alpha value is -1.98. The highest BCUT2D eigenvalue weighted by atomic mass is 19.3. The van der Waals surface area contributed by atoms with Gasteiger partial charge in [0.2, 0.25) is 0 Å². The van der Waals surface area contributed by atoms with Crippen LogP contribution in [0.3, 0.4) is 0 Å². The molecule has 3 nitrogen and oxygen atoms in total. The number of nitrogens with one attached hydrogen (secondary N) is 1. The maximum atomic E-state index is 12.6. The van der Waals surface area contributed by atoms with Crippen LogP contribution in [0.1, 0.15) is 35.7 Å². The van der Waals surface area contributed by atoms with Gasteiger partial charge in [-0.15, -0.1) is 0 Å². The van der Waals surface area contributed by atoms with E-state index in [0.717, 1.165) is 11.1 Å². The normalized spacial score (nSPS) is 13.8. The molecule has 0 heterocycles. The Bertz CT molecular complexity index is 620. The second-order valence-electron chi connectivity index (χ2n) is 5.45. The van der Waals surface area contributed by atoms with Crippen molar-refractivity contribution in [3.05, 3.63) is 65.2 Å². The van der Waals surface area contributed by atoms with Gasteiger partial charge in [0.05, 0.1) is 12.6 Å². The molecule has 0 aliphatic heterocycles. The molecule has 0 fully saturated rings. The van der Waals surface area contributed by atoms with Crippen LogP contribution in [-0.4, -0.2) is 18.3 Å². The largest absolute Gasteiger partial charge is 0.434 e. The van der Waals surface area contributed by atoms with Gasteiger partial charge < -0.3 is 15.2 Å². The van der Waals surface area contributed by atoms with Crippen LogP contribution < -0.4 is 10.1 Å². The lowest BCUT2D eigenvalue weighted by Gasteiger charge is -2.24. The maximum absolute atomic E-state index is 12.6. The van der Waals surface area contributed by atoms with Crippen molar-refractivity contribution in [2.45, 2.75) is 32.5 Å². The quantitative estimate of drug-likeness (QED) is 0.810. The van der Waals surface area contributed by atoms with E-state index < -0.39 is 6.61 Å². The van der Waals surface area contributed by atoms with E-state index in [-0.39, 0.29) is 24.4 Å². The minimum absolute atomic E-state index is 0.0921. The third-order valence-corrected chi connectivity index (χ3v) is 3.68. The van der Waals surface area contributed by atoms with Crippen molar-refractivity contribution in [2.75, 3.05) is 6.61 Å². The predicted molar refractivity (Wildman–Crippen MR) is 85.6 cm³/mol. The summed E-state index contributed by atoms with van der Waals surface area (Å²) in [7, 11) is 0. The molecule has 2 N–H and O–H groups in total. The zero-order chi connectivity index (χ0) is 16.8. The smallest absolute Gasteiger partial charge is 0.387 e. The highest BCUT2D eigenvalue weighted by Gasteiger charge is 2.19. The Morgan fingerprint density at radius 1 is 1.13 bits per heavy atom. The Labute approximate surface area is 134 Å². The number of halogens is 2. The fraction of sp³-hybridized carbons (Fsp3) is 0.333. The van der Waals surface area contributed by atoms with Crippen molar-refractivity contribution in [1.82, 2.24) is 5.32 Å². The molecule has 2 atom stereocenters. The molecule has 2 aromatic carbocycles. The molecular formula is C18H21F2NO2.